The Balaban J connectivity index is 2.70. The lowest BCUT2D eigenvalue weighted by Crippen LogP contribution is -2.20. The standard InChI is InChI=1S/C10H11NO4S/c1-16(14)8-4-2-7(3-5-8)10(13)15-6-9(11)12/h2-5H,6H2,1H3,(H2,11,12)/t16-/m1/s1. The minimum Gasteiger partial charge on any atom is -0.452 e. The molecule has 0 heterocycles. The largest absolute Gasteiger partial charge is 0.452 e. The predicted octanol–water partition coefficient (Wildman–Crippen LogP) is 0.0661. The third-order valence-electron chi connectivity index (χ3n) is 1.77. The molecule has 0 aromatic heterocycles. The van der Waals surface area contributed by atoms with E-state index in [0.29, 0.717) is 4.90 Å². The summed E-state index contributed by atoms with van der Waals surface area (Å²) in [5, 5.41) is 0. The van der Waals surface area contributed by atoms with Crippen molar-refractivity contribution in [1.29, 1.82) is 0 Å². The van der Waals surface area contributed by atoms with Crippen molar-refractivity contribution in [2.24, 2.45) is 5.73 Å². The van der Waals surface area contributed by atoms with Crippen LogP contribution in [0.4, 0.5) is 0 Å². The van der Waals surface area contributed by atoms with E-state index in [4.69, 9.17) is 5.73 Å². The van der Waals surface area contributed by atoms with Gasteiger partial charge in [0.15, 0.2) is 6.61 Å². The van der Waals surface area contributed by atoms with E-state index in [1.165, 1.54) is 12.1 Å². The number of hydrogen-bond acceptors (Lipinski definition) is 4. The quantitative estimate of drug-likeness (QED) is 0.755. The second-order valence-corrected chi connectivity index (χ2v) is 4.40. The summed E-state index contributed by atoms with van der Waals surface area (Å²) in [4.78, 5) is 22.3. The second-order valence-electron chi connectivity index (χ2n) is 3.02. The topological polar surface area (TPSA) is 86.5 Å². The fraction of sp³-hybridized carbons (Fsp3) is 0.200. The molecule has 1 amide bonds. The Morgan fingerprint density at radius 1 is 1.31 bits per heavy atom. The number of amides is 1. The molecule has 0 radical (unpaired) electrons. The van der Waals surface area contributed by atoms with Gasteiger partial charge in [0.25, 0.3) is 5.91 Å². The minimum atomic E-state index is -1.09. The highest BCUT2D eigenvalue weighted by molar-refractivity contribution is 7.84. The Bertz CT molecular complexity index is 427. The molecular formula is C10H11NO4S. The van der Waals surface area contributed by atoms with Crippen molar-refractivity contribution >= 4 is 22.7 Å². The molecule has 16 heavy (non-hydrogen) atoms. The summed E-state index contributed by atoms with van der Waals surface area (Å²) < 4.78 is 15.7. The maximum atomic E-state index is 11.3. The highest BCUT2D eigenvalue weighted by Crippen LogP contribution is 2.08. The molecule has 1 aromatic carbocycles. The zero-order valence-corrected chi connectivity index (χ0v) is 9.45. The van der Waals surface area contributed by atoms with Crippen LogP contribution in [-0.4, -0.2) is 28.9 Å². The van der Waals surface area contributed by atoms with Gasteiger partial charge in [-0.05, 0) is 24.3 Å². The summed E-state index contributed by atoms with van der Waals surface area (Å²) in [5.41, 5.74) is 5.11. The molecule has 0 aliphatic heterocycles. The zero-order chi connectivity index (χ0) is 12.1. The lowest BCUT2D eigenvalue weighted by molar-refractivity contribution is -0.121. The molecule has 2 N–H and O–H groups in total. The minimum absolute atomic E-state index is 0.287. The summed E-state index contributed by atoms with van der Waals surface area (Å²) in [6.45, 7) is -0.444. The van der Waals surface area contributed by atoms with E-state index in [2.05, 4.69) is 4.74 Å². The first-order valence-corrected chi connectivity index (χ1v) is 5.95. The van der Waals surface area contributed by atoms with Crippen LogP contribution in [0.5, 0.6) is 0 Å². The molecule has 0 bridgehead atoms. The summed E-state index contributed by atoms with van der Waals surface area (Å²) in [5.74, 6) is -1.34. The van der Waals surface area contributed by atoms with Gasteiger partial charge in [-0.25, -0.2) is 4.79 Å². The number of nitrogens with two attached hydrogens (primary N) is 1. The summed E-state index contributed by atoms with van der Waals surface area (Å²) in [6, 6.07) is 6.11. The van der Waals surface area contributed by atoms with Crippen molar-refractivity contribution in [3.8, 4) is 0 Å². The van der Waals surface area contributed by atoms with Crippen molar-refractivity contribution in [3.05, 3.63) is 29.8 Å². The molecule has 1 aromatic rings. The Morgan fingerprint density at radius 3 is 2.31 bits per heavy atom. The van der Waals surface area contributed by atoms with Crippen molar-refractivity contribution < 1.29 is 18.5 Å². The average molecular weight is 241 g/mol. The maximum Gasteiger partial charge on any atom is 0.338 e. The molecule has 0 saturated heterocycles. The van der Waals surface area contributed by atoms with Gasteiger partial charge in [-0.15, -0.1) is 0 Å². The third kappa shape index (κ3) is 3.47. The first kappa shape index (κ1) is 12.4. The molecule has 0 fully saturated rings. The van der Waals surface area contributed by atoms with E-state index >= 15 is 0 Å². The first-order chi connectivity index (χ1) is 7.50. The van der Waals surface area contributed by atoms with Gasteiger partial charge >= 0.3 is 5.97 Å². The van der Waals surface area contributed by atoms with E-state index in [1.54, 1.807) is 18.4 Å². The Hall–Kier alpha value is -1.69. The van der Waals surface area contributed by atoms with E-state index in [-0.39, 0.29) is 5.56 Å². The highest BCUT2D eigenvalue weighted by atomic mass is 32.2. The van der Waals surface area contributed by atoms with Crippen molar-refractivity contribution in [2.75, 3.05) is 12.9 Å². The van der Waals surface area contributed by atoms with Crippen molar-refractivity contribution in [2.45, 2.75) is 4.90 Å². The molecule has 0 saturated carbocycles. The fourth-order valence-corrected chi connectivity index (χ4v) is 1.52. The molecule has 5 nitrogen and oxygen atoms in total. The van der Waals surface area contributed by atoms with Gasteiger partial charge in [-0.2, -0.15) is 0 Å². The number of carbonyl (C=O) groups is 2. The second kappa shape index (κ2) is 5.41. The molecule has 0 aliphatic rings. The van der Waals surface area contributed by atoms with Crippen LogP contribution >= 0.6 is 0 Å². The van der Waals surface area contributed by atoms with E-state index in [9.17, 15) is 13.8 Å². The molecule has 0 unspecified atom stereocenters. The summed E-state index contributed by atoms with van der Waals surface area (Å²) >= 11 is 0. The van der Waals surface area contributed by atoms with Gasteiger partial charge < -0.3 is 10.5 Å². The maximum absolute atomic E-state index is 11.3. The summed E-state index contributed by atoms with van der Waals surface area (Å²) in [7, 11) is -1.09. The predicted molar refractivity (Wildman–Crippen MR) is 58.3 cm³/mol. The fourth-order valence-electron chi connectivity index (χ4n) is 1.00. The average Bonchev–Trinajstić information content (AvgIpc) is 2.26. The van der Waals surface area contributed by atoms with Gasteiger partial charge in [0.1, 0.15) is 0 Å². The van der Waals surface area contributed by atoms with Crippen LogP contribution in [0, 0.1) is 0 Å². The molecule has 86 valence electrons. The number of ether oxygens (including phenoxy) is 1. The monoisotopic (exact) mass is 241 g/mol. The SMILES string of the molecule is C[S@@](=O)c1ccc(C(=O)OCC(N)=O)cc1. The number of benzene rings is 1. The van der Waals surface area contributed by atoms with Gasteiger partial charge in [-0.1, -0.05) is 0 Å². The number of primary amides is 1. The van der Waals surface area contributed by atoms with Crippen LogP contribution in [0.25, 0.3) is 0 Å². The van der Waals surface area contributed by atoms with Crippen LogP contribution in [-0.2, 0) is 20.3 Å². The lowest BCUT2D eigenvalue weighted by atomic mass is 10.2. The smallest absolute Gasteiger partial charge is 0.338 e. The van der Waals surface area contributed by atoms with Gasteiger partial charge in [0.05, 0.1) is 5.56 Å². The Labute approximate surface area is 95.0 Å². The van der Waals surface area contributed by atoms with E-state index in [0.717, 1.165) is 0 Å². The van der Waals surface area contributed by atoms with Gasteiger partial charge in [0.2, 0.25) is 0 Å². The van der Waals surface area contributed by atoms with Crippen molar-refractivity contribution in [1.82, 2.24) is 0 Å². The van der Waals surface area contributed by atoms with E-state index < -0.39 is 29.3 Å². The van der Waals surface area contributed by atoms with Gasteiger partial charge in [0, 0.05) is 22.0 Å². The number of rotatable bonds is 4. The molecule has 0 spiro atoms. The molecule has 0 aliphatic carbocycles. The zero-order valence-electron chi connectivity index (χ0n) is 8.64. The highest BCUT2D eigenvalue weighted by Gasteiger charge is 2.08. The lowest BCUT2D eigenvalue weighted by Gasteiger charge is -2.02. The molecule has 1 atom stereocenters. The number of carbonyl (C=O) groups excluding carboxylic acids is 2. The van der Waals surface area contributed by atoms with Crippen LogP contribution < -0.4 is 5.73 Å². The van der Waals surface area contributed by atoms with Crippen molar-refractivity contribution in [3.63, 3.8) is 0 Å². The molecule has 1 rings (SSSR count). The number of esters is 1. The number of hydrogen-bond donors (Lipinski definition) is 1. The van der Waals surface area contributed by atoms with Crippen LogP contribution in [0.15, 0.2) is 29.2 Å². The van der Waals surface area contributed by atoms with Crippen LogP contribution in [0.3, 0.4) is 0 Å². The molecule has 6 heteroatoms. The normalized spacial score (nSPS) is 11.8. The Kier molecular flexibility index (Phi) is 4.19. The van der Waals surface area contributed by atoms with Gasteiger partial charge in [-0.3, -0.25) is 9.00 Å². The third-order valence-corrected chi connectivity index (χ3v) is 2.70. The first-order valence-electron chi connectivity index (χ1n) is 4.39. The van der Waals surface area contributed by atoms with Crippen LogP contribution in [0.1, 0.15) is 10.4 Å². The Morgan fingerprint density at radius 2 is 1.88 bits per heavy atom. The molecular weight excluding hydrogens is 230 g/mol. The summed E-state index contributed by atoms with van der Waals surface area (Å²) in [6.07, 6.45) is 1.54. The van der Waals surface area contributed by atoms with E-state index in [1.807, 2.05) is 0 Å². The van der Waals surface area contributed by atoms with Crippen LogP contribution in [0.2, 0.25) is 0 Å².